The lowest BCUT2D eigenvalue weighted by Gasteiger charge is -2.29. The van der Waals surface area contributed by atoms with Crippen LogP contribution in [0.5, 0.6) is 11.5 Å². The number of thiophene rings is 4. The molecule has 132 heavy (non-hydrogen) atoms. The van der Waals surface area contributed by atoms with Crippen LogP contribution in [0.4, 0.5) is 45.8 Å². The van der Waals surface area contributed by atoms with Gasteiger partial charge in [-0.3, -0.25) is 19.2 Å². The third-order valence-electron chi connectivity index (χ3n) is 28.1. The van der Waals surface area contributed by atoms with E-state index in [0.29, 0.717) is 86.9 Å². The molecule has 12 aromatic rings. The summed E-state index contributed by atoms with van der Waals surface area (Å²) in [6.07, 6.45) is 8.38. The number of nitrogens with two attached hydrogens (primary N) is 5. The summed E-state index contributed by atoms with van der Waals surface area (Å²) in [5.74, 6) is 3.98. The van der Waals surface area contributed by atoms with Crippen LogP contribution in [0.25, 0.3) is 40.9 Å². The van der Waals surface area contributed by atoms with Crippen LogP contribution in [0.15, 0.2) is 109 Å². The number of hydrogen-bond donors (Lipinski definition) is 11. The molecule has 0 saturated carbocycles. The van der Waals surface area contributed by atoms with Gasteiger partial charge in [-0.15, -0.1) is 45.3 Å². The Morgan fingerprint density at radius 2 is 0.811 bits per heavy atom. The first-order chi connectivity index (χ1) is 63.2. The van der Waals surface area contributed by atoms with E-state index < -0.39 is 11.2 Å². The SMILES string of the molecule is CC[C@@H]1CN(c2ccc3c(n2)CC[C@H](NC(=O)c2sc4nc(C)ccc4c2N)C3)C[C@]1(C)O.CC[C@H]1CN(c2ccc3c(n2)CC[C@H](NC(=O)c2sc4nc(C)ccc4c2N)C3)C[C@@]1(C)O.CO[C@H]1CN(c2ccc3c(c2)OC[C@H](NC(=O)c2sc4nc(C)ccc4c2N)C3)[C@@H](C)[C@@H]1C.CO[C@H]1[C@H](N)CN(c2ccc3c(c2)OC[C@H](NC(=O)c2sc4nc(C)ccc4c2N)C3)[C@H]1C. The average Bonchev–Trinajstić information content (AvgIpc) is 1.74. The van der Waals surface area contributed by atoms with Crippen LogP contribution in [0.1, 0.15) is 169 Å². The second kappa shape index (κ2) is 38.1. The lowest BCUT2D eigenvalue weighted by molar-refractivity contribution is 0.0352. The number of carbonyl (C=O) groups excluding carboxylic acids is 4. The fraction of sp³-hybridized carbons (Fsp3) is 0.455. The van der Waals surface area contributed by atoms with Gasteiger partial charge in [0.2, 0.25) is 0 Å². The number of aliphatic hydroxyl groups is 2. The third-order valence-corrected chi connectivity index (χ3v) is 32.5. The summed E-state index contributed by atoms with van der Waals surface area (Å²) in [6, 6.07) is 36.7. The van der Waals surface area contributed by atoms with Gasteiger partial charge in [0.15, 0.2) is 0 Å². The zero-order chi connectivity index (χ0) is 93.2. The van der Waals surface area contributed by atoms with Crippen molar-refractivity contribution in [2.45, 2.75) is 206 Å². The summed E-state index contributed by atoms with van der Waals surface area (Å²) < 4.78 is 23.4. The van der Waals surface area contributed by atoms with E-state index in [2.05, 4.69) is 156 Å². The number of carbonyl (C=O) groups is 4. The van der Waals surface area contributed by atoms with Crippen molar-refractivity contribution in [3.63, 3.8) is 0 Å². The molecule has 6 aliphatic heterocycles. The Hall–Kier alpha value is -11.1. The minimum Gasteiger partial charge on any atom is -0.491 e. The van der Waals surface area contributed by atoms with E-state index in [1.807, 2.05) is 90.1 Å². The summed E-state index contributed by atoms with van der Waals surface area (Å²) >= 11 is 5.36. The lowest BCUT2D eigenvalue weighted by Crippen LogP contribution is -2.42. The maximum absolute atomic E-state index is 13.0. The van der Waals surface area contributed by atoms with Gasteiger partial charge in [0, 0.05) is 169 Å². The minimum atomic E-state index is -0.676. The Balaban J connectivity index is 0.000000123. The highest BCUT2D eigenvalue weighted by Gasteiger charge is 2.45. The van der Waals surface area contributed by atoms with Crippen LogP contribution < -0.4 is 79.0 Å². The van der Waals surface area contributed by atoms with E-state index in [-0.39, 0.29) is 83.9 Å². The normalized spacial score (nSPS) is 24.7. The first kappa shape index (κ1) is 92.7. The second-order valence-corrected chi connectivity index (χ2v) is 41.4. The second-order valence-electron chi connectivity index (χ2n) is 37.4. The number of hydrogen-bond acceptors (Lipinski definition) is 29. The molecule has 0 spiro atoms. The Morgan fingerprint density at radius 3 is 1.14 bits per heavy atom. The van der Waals surface area contributed by atoms with Crippen molar-refractivity contribution in [2.24, 2.45) is 23.5 Å². The molecular weight excluding hydrogens is 1740 g/mol. The lowest BCUT2D eigenvalue weighted by atomic mass is 9.91. The van der Waals surface area contributed by atoms with Crippen molar-refractivity contribution in [2.75, 3.05) is 109 Å². The van der Waals surface area contributed by atoms with Crippen LogP contribution in [-0.2, 0) is 48.0 Å². The molecule has 696 valence electrons. The summed E-state index contributed by atoms with van der Waals surface area (Å²) in [5.41, 5.74) is 44.5. The predicted octanol–water partition coefficient (Wildman–Crippen LogP) is 13.2. The highest BCUT2D eigenvalue weighted by molar-refractivity contribution is 7.22. The number of aromatic nitrogens is 6. The van der Waals surface area contributed by atoms with Gasteiger partial charge in [0.05, 0.1) is 70.3 Å². The molecule has 2 aromatic carbocycles. The van der Waals surface area contributed by atoms with Gasteiger partial charge in [-0.25, -0.2) is 29.9 Å². The van der Waals surface area contributed by atoms with Crippen molar-refractivity contribution in [1.82, 2.24) is 51.2 Å². The summed E-state index contributed by atoms with van der Waals surface area (Å²) in [5, 5.41) is 37.3. The number of β-amino-alcohol motifs (C(OH)–C–C–N with tert-alkyl or cyclic N) is 2. The molecule has 0 radical (unpaired) electrons. The maximum atomic E-state index is 13.0. The number of benzene rings is 2. The van der Waals surface area contributed by atoms with Gasteiger partial charge >= 0.3 is 0 Å². The Kier molecular flexibility index (Phi) is 26.7. The van der Waals surface area contributed by atoms with Crippen LogP contribution >= 0.6 is 45.3 Å². The van der Waals surface area contributed by atoms with Crippen molar-refractivity contribution >= 4 is 156 Å². The molecule has 4 amide bonds. The van der Waals surface area contributed by atoms with Crippen LogP contribution in [-0.4, -0.2) is 196 Å². The molecule has 33 heteroatoms. The maximum Gasteiger partial charge on any atom is 0.263 e. The fourth-order valence-electron chi connectivity index (χ4n) is 20.2. The predicted molar refractivity (Wildman–Crippen MR) is 529 cm³/mol. The molecule has 4 saturated heterocycles. The van der Waals surface area contributed by atoms with Gasteiger partial charge in [-0.05, 0) is 215 Å². The van der Waals surface area contributed by atoms with E-state index in [4.69, 9.17) is 57.6 Å². The van der Waals surface area contributed by atoms with Gasteiger partial charge in [-0.1, -0.05) is 45.0 Å². The largest absolute Gasteiger partial charge is 0.491 e. The number of nitrogen functional groups attached to an aromatic ring is 4. The minimum absolute atomic E-state index is 0.00185. The van der Waals surface area contributed by atoms with Gasteiger partial charge < -0.3 is 98.7 Å². The topological polar surface area (TPSA) is 414 Å². The first-order valence-corrected chi connectivity index (χ1v) is 49.1. The van der Waals surface area contributed by atoms with Crippen molar-refractivity contribution < 1.29 is 48.3 Å². The number of methoxy groups -OCH3 is 2. The molecule has 16 heterocycles. The van der Waals surface area contributed by atoms with E-state index in [9.17, 15) is 29.4 Å². The quantitative estimate of drug-likeness (QED) is 0.0428. The van der Waals surface area contributed by atoms with Crippen LogP contribution in [0, 0.1) is 45.4 Å². The molecule has 20 rings (SSSR count). The third kappa shape index (κ3) is 19.0. The molecule has 0 unspecified atom stereocenters. The Bertz CT molecular complexity index is 6020. The van der Waals surface area contributed by atoms with E-state index in [1.54, 1.807) is 14.2 Å². The van der Waals surface area contributed by atoms with Crippen LogP contribution in [0.3, 0.4) is 0 Å². The van der Waals surface area contributed by atoms with Gasteiger partial charge in [0.25, 0.3) is 23.6 Å². The molecular formula is C99H121N19O10S4. The van der Waals surface area contributed by atoms with Crippen LogP contribution in [0.2, 0.25) is 0 Å². The van der Waals surface area contributed by atoms with E-state index >= 15 is 0 Å². The molecule has 2 aliphatic carbocycles. The molecule has 14 atom stereocenters. The number of anilines is 8. The highest BCUT2D eigenvalue weighted by Crippen LogP contribution is 2.43. The smallest absolute Gasteiger partial charge is 0.263 e. The van der Waals surface area contributed by atoms with Crippen molar-refractivity contribution in [3.05, 3.63) is 185 Å². The Labute approximate surface area is 785 Å². The van der Waals surface area contributed by atoms with Crippen molar-refractivity contribution in [3.8, 4) is 11.5 Å². The molecule has 16 N–H and O–H groups in total. The number of nitrogens with one attached hydrogen (secondary N) is 4. The molecule has 0 bridgehead atoms. The monoisotopic (exact) mass is 1860 g/mol. The number of ether oxygens (including phenoxy) is 4. The summed E-state index contributed by atoms with van der Waals surface area (Å²) in [4.78, 5) is 94.1. The number of nitrogens with zero attached hydrogens (tertiary/aromatic N) is 10. The standard InChI is InChI=1S/2C25H31N5O2S.C25H30N4O3S.C24H29N5O3S/c2*1-4-16-12-30(13-25(16,3)32)20-10-6-15-11-17(7-9-19(15)29-20)28-23(31)22-21(26)18-8-5-14(2)27-24(18)33-22;1-13-5-8-19-22(26)23(33-25(19)27-13)24(30)28-17-9-16-6-7-18(10-20(16)32-12-17)29-11-21(31-4)14(2)15(29)3;1-12-4-7-17-20(26)22(33-24(17)27-12)23(30)28-15-8-14-5-6-16(9-19(14)32-11-15)29-10-18(25)21(31-3)13(29)2/h2*5-6,8,10,16-17,32H,4,7,9,11-13,26H2,1-3H3,(H,28,31);5-8,10,14-15,17,21H,9,11-12,26H2,1-4H3,(H,28,30);4-7,9,13,15,18,21H,8,10-11,25-26H2,1-3H3,(H,28,30)/t16-,17+,25+;16-,17-,25+;14-,15-,17+,21-;13-,15+,18+,21+/m1000/s1. The molecule has 8 aliphatic rings. The number of rotatable bonds is 16. The number of aryl methyl sites for hydroxylation is 6. The molecule has 10 aromatic heterocycles. The van der Waals surface area contributed by atoms with E-state index in [0.717, 1.165) is 205 Å². The zero-order valence-corrected chi connectivity index (χ0v) is 80.5. The summed E-state index contributed by atoms with van der Waals surface area (Å²) in [7, 11) is 3.49. The van der Waals surface area contributed by atoms with Gasteiger partial charge in [0.1, 0.15) is 75.2 Å². The average molecular weight is 1870 g/mol. The zero-order valence-electron chi connectivity index (χ0n) is 77.2. The number of pyridine rings is 6. The van der Waals surface area contributed by atoms with Gasteiger partial charge in [-0.2, -0.15) is 0 Å². The molecule has 29 nitrogen and oxygen atoms in total. The number of amides is 4. The molecule has 4 fully saturated rings. The van der Waals surface area contributed by atoms with E-state index in [1.165, 1.54) is 56.5 Å². The number of fused-ring (bicyclic) bond motifs is 8. The Morgan fingerprint density at radius 1 is 0.462 bits per heavy atom. The first-order valence-electron chi connectivity index (χ1n) is 45.8. The fourth-order valence-corrected chi connectivity index (χ4v) is 24.3. The summed E-state index contributed by atoms with van der Waals surface area (Å²) in [6.45, 7) is 27.8. The highest BCUT2D eigenvalue weighted by atomic mass is 32.1. The van der Waals surface area contributed by atoms with Crippen molar-refractivity contribution in [1.29, 1.82) is 0 Å².